The maximum atomic E-state index is 4.19. The molecule has 0 aliphatic rings. The van der Waals surface area contributed by atoms with E-state index in [0.29, 0.717) is 0 Å². The second-order valence-corrected chi connectivity index (χ2v) is 3.26. The monoisotopic (exact) mass is 197 g/mol. The quantitative estimate of drug-likeness (QED) is 0.559. The first kappa shape index (κ1) is 7.80. The largest absolute Gasteiger partial charge is 0.261 e. The van der Waals surface area contributed by atoms with Crippen LogP contribution >= 0.6 is 15.9 Å². The average molecular weight is 198 g/mol. The van der Waals surface area contributed by atoms with E-state index in [-0.39, 0.29) is 0 Å². The van der Waals surface area contributed by atoms with Gasteiger partial charge in [-0.2, -0.15) is 0 Å². The molecule has 1 nitrogen and oxygen atoms in total. The molecule has 0 aliphatic carbocycles. The second-order valence-electron chi connectivity index (χ2n) is 2.47. The summed E-state index contributed by atoms with van der Waals surface area (Å²) in [6.45, 7) is 4.09. The average Bonchev–Trinajstić information content (AvgIpc) is 1.93. The number of rotatable bonds is 0. The van der Waals surface area contributed by atoms with E-state index in [9.17, 15) is 0 Å². The summed E-state index contributed by atoms with van der Waals surface area (Å²) in [5.74, 6) is 0. The molecule has 0 spiro atoms. The van der Waals surface area contributed by atoms with E-state index in [0.717, 1.165) is 10.2 Å². The summed E-state index contributed by atoms with van der Waals surface area (Å²) >= 11 is 3.47. The van der Waals surface area contributed by atoms with E-state index in [1.165, 1.54) is 11.0 Å². The Morgan fingerprint density at radius 1 is 1.50 bits per heavy atom. The van der Waals surface area contributed by atoms with E-state index < -0.39 is 0 Å². The van der Waals surface area contributed by atoms with E-state index >= 15 is 0 Å². The Morgan fingerprint density at radius 3 is 2.60 bits per heavy atom. The van der Waals surface area contributed by atoms with Crippen LogP contribution in [0.1, 0.15) is 11.3 Å². The fourth-order valence-electron chi connectivity index (χ4n) is 0.792. The van der Waals surface area contributed by atoms with Crippen molar-refractivity contribution in [3.63, 3.8) is 0 Å². The molecule has 0 fully saturated rings. The van der Waals surface area contributed by atoms with Crippen LogP contribution in [-0.4, -0.2) is 12.8 Å². The number of pyridine rings is 1. The third-order valence-corrected chi connectivity index (χ3v) is 2.86. The molecule has 1 rings (SSSR count). The van der Waals surface area contributed by atoms with Crippen molar-refractivity contribution in [2.24, 2.45) is 0 Å². The van der Waals surface area contributed by atoms with Gasteiger partial charge in [-0.1, -0.05) is 5.46 Å². The van der Waals surface area contributed by atoms with Crippen LogP contribution in [-0.2, 0) is 0 Å². The lowest BCUT2D eigenvalue weighted by Gasteiger charge is -2.03. The molecule has 0 aliphatic heterocycles. The van der Waals surface area contributed by atoms with Crippen LogP contribution in [0.15, 0.2) is 10.7 Å². The summed E-state index contributed by atoms with van der Waals surface area (Å²) in [5, 5.41) is 0. The summed E-state index contributed by atoms with van der Waals surface area (Å²) in [6, 6.07) is 0. The third-order valence-electron chi connectivity index (χ3n) is 1.69. The van der Waals surface area contributed by atoms with Crippen LogP contribution in [0.4, 0.5) is 0 Å². The van der Waals surface area contributed by atoms with Crippen molar-refractivity contribution in [2.75, 3.05) is 0 Å². The summed E-state index contributed by atoms with van der Waals surface area (Å²) in [4.78, 5) is 4.19. The first-order valence-electron chi connectivity index (χ1n) is 3.21. The van der Waals surface area contributed by atoms with E-state index in [1.807, 2.05) is 13.1 Å². The Morgan fingerprint density at radius 2 is 2.10 bits per heavy atom. The molecule has 0 saturated heterocycles. The molecular weight excluding hydrogens is 189 g/mol. The van der Waals surface area contributed by atoms with Crippen molar-refractivity contribution in [3.8, 4) is 0 Å². The lowest BCUT2D eigenvalue weighted by Crippen LogP contribution is -2.09. The highest BCUT2D eigenvalue weighted by Crippen LogP contribution is 2.15. The van der Waals surface area contributed by atoms with Crippen LogP contribution in [0.2, 0.25) is 0 Å². The Labute approximate surface area is 70.4 Å². The molecule has 3 heteroatoms. The maximum absolute atomic E-state index is 4.19. The normalized spacial score (nSPS) is 9.90. The molecule has 0 bridgehead atoms. The van der Waals surface area contributed by atoms with Gasteiger partial charge in [0.2, 0.25) is 0 Å². The van der Waals surface area contributed by atoms with E-state index in [1.54, 1.807) is 0 Å². The summed E-state index contributed by atoms with van der Waals surface area (Å²) in [7, 11) is 2.06. The van der Waals surface area contributed by atoms with Crippen molar-refractivity contribution in [1.82, 2.24) is 4.98 Å². The number of halogens is 1. The predicted octanol–water partition coefficient (Wildman–Crippen LogP) is 0.719. The smallest absolute Gasteiger partial charge is 0.141 e. The van der Waals surface area contributed by atoms with Crippen LogP contribution in [0.25, 0.3) is 0 Å². The SMILES string of the molecule is Bc1cnc(C)c(Br)c1C. The maximum Gasteiger partial charge on any atom is 0.141 e. The number of aromatic nitrogens is 1. The minimum Gasteiger partial charge on any atom is -0.261 e. The highest BCUT2D eigenvalue weighted by molar-refractivity contribution is 9.10. The molecule has 1 aromatic heterocycles. The zero-order valence-electron chi connectivity index (χ0n) is 6.40. The van der Waals surface area contributed by atoms with Gasteiger partial charge in [-0.3, -0.25) is 4.98 Å². The number of hydrogen-bond acceptors (Lipinski definition) is 1. The predicted molar refractivity (Wildman–Crippen MR) is 49.6 cm³/mol. The van der Waals surface area contributed by atoms with Gasteiger partial charge >= 0.3 is 0 Å². The van der Waals surface area contributed by atoms with Crippen LogP contribution in [0.3, 0.4) is 0 Å². The molecule has 52 valence electrons. The summed E-state index contributed by atoms with van der Waals surface area (Å²) in [5.41, 5.74) is 3.58. The second kappa shape index (κ2) is 2.75. The Bertz CT molecular complexity index is 233. The molecule has 0 unspecified atom stereocenters. The lowest BCUT2D eigenvalue weighted by molar-refractivity contribution is 1.17. The van der Waals surface area contributed by atoms with Gasteiger partial charge in [-0.15, -0.1) is 0 Å². The number of hydrogen-bond donors (Lipinski definition) is 0. The molecule has 0 amide bonds. The van der Waals surface area contributed by atoms with Crippen molar-refractivity contribution < 1.29 is 0 Å². The molecule has 0 N–H and O–H groups in total. The zero-order valence-corrected chi connectivity index (χ0v) is 7.99. The molecule has 0 atom stereocenters. The van der Waals surface area contributed by atoms with Crippen molar-refractivity contribution in [2.45, 2.75) is 13.8 Å². The van der Waals surface area contributed by atoms with Gasteiger partial charge in [-0.25, -0.2) is 0 Å². The molecule has 1 aromatic rings. The Kier molecular flexibility index (Phi) is 2.14. The lowest BCUT2D eigenvalue weighted by atomic mass is 9.93. The minimum absolute atomic E-state index is 1.06. The topological polar surface area (TPSA) is 12.9 Å². The van der Waals surface area contributed by atoms with Crippen molar-refractivity contribution in [1.29, 1.82) is 0 Å². The van der Waals surface area contributed by atoms with E-state index in [4.69, 9.17) is 0 Å². The summed E-state index contributed by atoms with van der Waals surface area (Å²) < 4.78 is 1.13. The Hall–Kier alpha value is -0.305. The van der Waals surface area contributed by atoms with Gasteiger partial charge in [-0.05, 0) is 35.3 Å². The highest BCUT2D eigenvalue weighted by Gasteiger charge is 2.00. The molecular formula is C7H9BBrN. The van der Waals surface area contributed by atoms with Gasteiger partial charge in [0, 0.05) is 10.7 Å². The molecule has 0 saturated carbocycles. The summed E-state index contributed by atoms with van der Waals surface area (Å²) in [6.07, 6.45) is 1.90. The van der Waals surface area contributed by atoms with Gasteiger partial charge < -0.3 is 0 Å². The van der Waals surface area contributed by atoms with Crippen molar-refractivity contribution >= 4 is 29.2 Å². The molecule has 10 heavy (non-hydrogen) atoms. The first-order chi connectivity index (χ1) is 4.63. The van der Waals surface area contributed by atoms with Crippen LogP contribution in [0, 0.1) is 13.8 Å². The van der Waals surface area contributed by atoms with Gasteiger partial charge in [0.25, 0.3) is 0 Å². The fraction of sp³-hybridized carbons (Fsp3) is 0.286. The zero-order chi connectivity index (χ0) is 7.72. The fourth-order valence-corrected chi connectivity index (χ4v) is 1.21. The molecule has 0 aromatic carbocycles. The van der Waals surface area contributed by atoms with E-state index in [2.05, 4.69) is 35.7 Å². The van der Waals surface area contributed by atoms with Gasteiger partial charge in [0.15, 0.2) is 0 Å². The highest BCUT2D eigenvalue weighted by atomic mass is 79.9. The number of aryl methyl sites for hydroxylation is 1. The van der Waals surface area contributed by atoms with Crippen LogP contribution in [0.5, 0.6) is 0 Å². The van der Waals surface area contributed by atoms with Crippen molar-refractivity contribution in [3.05, 3.63) is 21.9 Å². The number of nitrogens with zero attached hydrogens (tertiary/aromatic N) is 1. The Balaban J connectivity index is 3.34. The van der Waals surface area contributed by atoms with Crippen LogP contribution < -0.4 is 5.46 Å². The third kappa shape index (κ3) is 1.24. The molecule has 0 radical (unpaired) electrons. The molecule has 1 heterocycles. The minimum atomic E-state index is 1.06. The first-order valence-corrected chi connectivity index (χ1v) is 4.00. The standard InChI is InChI=1S/C7H9BBrN/c1-4-6(8)3-10-5(2)7(4)9/h3H,8H2,1-2H3. The van der Waals surface area contributed by atoms with Gasteiger partial charge in [0.1, 0.15) is 7.85 Å². The van der Waals surface area contributed by atoms with Gasteiger partial charge in [0.05, 0.1) is 5.69 Å².